The minimum atomic E-state index is -0.831. The lowest BCUT2D eigenvalue weighted by Gasteiger charge is -2.24. The molecular formula is C12H21NO4. The van der Waals surface area contributed by atoms with Crippen LogP contribution in [-0.4, -0.2) is 40.8 Å². The van der Waals surface area contributed by atoms with Crippen LogP contribution in [0.3, 0.4) is 0 Å². The van der Waals surface area contributed by atoms with Gasteiger partial charge in [0.15, 0.2) is 0 Å². The van der Waals surface area contributed by atoms with E-state index in [4.69, 9.17) is 9.84 Å². The average Bonchev–Trinajstić information content (AvgIpc) is 2.58. The molecule has 1 heterocycles. The summed E-state index contributed by atoms with van der Waals surface area (Å²) in [5.41, 5.74) is -0.542. The summed E-state index contributed by atoms with van der Waals surface area (Å²) in [6.07, 6.45) is 0.343. The van der Waals surface area contributed by atoms with Crippen LogP contribution in [0.5, 0.6) is 0 Å². The topological polar surface area (TPSA) is 66.8 Å². The molecule has 0 aromatic rings. The summed E-state index contributed by atoms with van der Waals surface area (Å²) in [7, 11) is 0. The molecule has 1 aliphatic rings. The van der Waals surface area contributed by atoms with Gasteiger partial charge in [-0.15, -0.1) is 0 Å². The fourth-order valence-electron chi connectivity index (χ4n) is 2.04. The third kappa shape index (κ3) is 3.61. The summed E-state index contributed by atoms with van der Waals surface area (Å²) in [4.78, 5) is 24.3. The van der Waals surface area contributed by atoms with Gasteiger partial charge in [-0.1, -0.05) is 13.3 Å². The monoisotopic (exact) mass is 243 g/mol. The molecule has 17 heavy (non-hydrogen) atoms. The van der Waals surface area contributed by atoms with E-state index in [0.717, 1.165) is 6.42 Å². The number of rotatable bonds is 2. The van der Waals surface area contributed by atoms with Crippen LogP contribution in [-0.2, 0) is 9.53 Å². The number of hydrogen-bond acceptors (Lipinski definition) is 3. The van der Waals surface area contributed by atoms with E-state index in [0.29, 0.717) is 6.54 Å². The van der Waals surface area contributed by atoms with Crippen molar-refractivity contribution in [2.75, 3.05) is 13.1 Å². The number of carboxylic acid groups (broad SMARTS) is 1. The minimum Gasteiger partial charge on any atom is -0.481 e. The van der Waals surface area contributed by atoms with E-state index < -0.39 is 23.6 Å². The lowest BCUT2D eigenvalue weighted by atomic mass is 9.94. The van der Waals surface area contributed by atoms with Crippen LogP contribution >= 0.6 is 0 Å². The molecule has 5 nitrogen and oxygen atoms in total. The second kappa shape index (κ2) is 4.94. The van der Waals surface area contributed by atoms with Gasteiger partial charge in [0, 0.05) is 13.1 Å². The van der Waals surface area contributed by atoms with Gasteiger partial charge >= 0.3 is 12.1 Å². The largest absolute Gasteiger partial charge is 0.481 e. The Hall–Kier alpha value is -1.26. The molecule has 1 saturated heterocycles. The molecule has 1 N–H and O–H groups in total. The SMILES string of the molecule is CC[C@@H]1CN(C(=O)OC(C)(C)C)C[C@@H]1C(=O)O. The van der Waals surface area contributed by atoms with Gasteiger partial charge in [0.05, 0.1) is 5.92 Å². The zero-order chi connectivity index (χ0) is 13.2. The zero-order valence-electron chi connectivity index (χ0n) is 10.9. The Labute approximate surface area is 102 Å². The van der Waals surface area contributed by atoms with Crippen LogP contribution in [0.1, 0.15) is 34.1 Å². The van der Waals surface area contributed by atoms with E-state index in [2.05, 4.69) is 0 Å². The fraction of sp³-hybridized carbons (Fsp3) is 0.833. The highest BCUT2D eigenvalue weighted by Gasteiger charge is 2.39. The summed E-state index contributed by atoms with van der Waals surface area (Å²) in [5.74, 6) is -1.27. The molecule has 1 rings (SSSR count). The molecule has 0 bridgehead atoms. The highest BCUT2D eigenvalue weighted by atomic mass is 16.6. The molecule has 0 aliphatic carbocycles. The van der Waals surface area contributed by atoms with Crippen LogP contribution in [0, 0.1) is 11.8 Å². The van der Waals surface area contributed by atoms with Gasteiger partial charge in [0.1, 0.15) is 5.60 Å². The van der Waals surface area contributed by atoms with Crippen molar-refractivity contribution in [2.24, 2.45) is 11.8 Å². The van der Waals surface area contributed by atoms with Crippen LogP contribution in [0.4, 0.5) is 4.79 Å². The number of nitrogens with zero attached hydrogens (tertiary/aromatic N) is 1. The molecule has 98 valence electrons. The number of hydrogen-bond donors (Lipinski definition) is 1. The maximum Gasteiger partial charge on any atom is 0.410 e. The van der Waals surface area contributed by atoms with Crippen LogP contribution in [0.25, 0.3) is 0 Å². The summed E-state index contributed by atoms with van der Waals surface area (Å²) >= 11 is 0. The predicted molar refractivity (Wildman–Crippen MR) is 62.7 cm³/mol. The summed E-state index contributed by atoms with van der Waals surface area (Å²) in [6, 6.07) is 0. The van der Waals surface area contributed by atoms with Crippen molar-refractivity contribution < 1.29 is 19.4 Å². The second-order valence-electron chi connectivity index (χ2n) is 5.50. The van der Waals surface area contributed by atoms with E-state index in [1.165, 1.54) is 4.90 Å². The number of carbonyl (C=O) groups is 2. The van der Waals surface area contributed by atoms with Crippen LogP contribution < -0.4 is 0 Å². The van der Waals surface area contributed by atoms with Crippen molar-refractivity contribution in [3.8, 4) is 0 Å². The lowest BCUT2D eigenvalue weighted by molar-refractivity contribution is -0.142. The third-order valence-corrected chi connectivity index (χ3v) is 2.93. The molecule has 1 amide bonds. The molecule has 0 aromatic heterocycles. The van der Waals surface area contributed by atoms with Gasteiger partial charge in [-0.05, 0) is 26.7 Å². The van der Waals surface area contributed by atoms with Gasteiger partial charge in [0.2, 0.25) is 0 Å². The van der Waals surface area contributed by atoms with Crippen LogP contribution in [0.2, 0.25) is 0 Å². The van der Waals surface area contributed by atoms with Crippen molar-refractivity contribution in [1.29, 1.82) is 0 Å². The predicted octanol–water partition coefficient (Wildman–Crippen LogP) is 1.96. The van der Waals surface area contributed by atoms with E-state index >= 15 is 0 Å². The first kappa shape index (κ1) is 13.8. The van der Waals surface area contributed by atoms with E-state index in [9.17, 15) is 9.59 Å². The first-order chi connectivity index (χ1) is 7.74. The number of likely N-dealkylation sites (tertiary alicyclic amines) is 1. The summed E-state index contributed by atoms with van der Waals surface area (Å²) in [6.45, 7) is 8.07. The normalized spacial score (nSPS) is 24.8. The van der Waals surface area contributed by atoms with Crippen molar-refractivity contribution >= 4 is 12.1 Å². The molecule has 0 saturated carbocycles. The molecule has 2 atom stereocenters. The van der Waals surface area contributed by atoms with Crippen LogP contribution in [0.15, 0.2) is 0 Å². The van der Waals surface area contributed by atoms with Gasteiger partial charge in [0.25, 0.3) is 0 Å². The third-order valence-electron chi connectivity index (χ3n) is 2.93. The number of amides is 1. The van der Waals surface area contributed by atoms with E-state index in [1.54, 1.807) is 20.8 Å². The fourth-order valence-corrected chi connectivity index (χ4v) is 2.04. The van der Waals surface area contributed by atoms with Gasteiger partial charge in [-0.25, -0.2) is 4.79 Å². The maximum absolute atomic E-state index is 11.8. The van der Waals surface area contributed by atoms with Crippen molar-refractivity contribution in [3.05, 3.63) is 0 Å². The molecular weight excluding hydrogens is 222 g/mol. The Morgan fingerprint density at radius 1 is 1.35 bits per heavy atom. The molecule has 1 fully saturated rings. The first-order valence-corrected chi connectivity index (χ1v) is 5.95. The van der Waals surface area contributed by atoms with E-state index in [-0.39, 0.29) is 12.5 Å². The molecule has 0 spiro atoms. The summed E-state index contributed by atoms with van der Waals surface area (Å²) < 4.78 is 5.24. The zero-order valence-corrected chi connectivity index (χ0v) is 10.9. The highest BCUT2D eigenvalue weighted by Crippen LogP contribution is 2.27. The molecule has 0 aromatic carbocycles. The van der Waals surface area contributed by atoms with Gasteiger partial charge in [-0.3, -0.25) is 4.79 Å². The average molecular weight is 243 g/mol. The second-order valence-corrected chi connectivity index (χ2v) is 5.50. The van der Waals surface area contributed by atoms with Gasteiger partial charge in [-0.2, -0.15) is 0 Å². The van der Waals surface area contributed by atoms with Gasteiger partial charge < -0.3 is 14.7 Å². The highest BCUT2D eigenvalue weighted by molar-refractivity contribution is 5.74. The standard InChI is InChI=1S/C12H21NO4/c1-5-8-6-13(7-9(8)10(14)15)11(16)17-12(2,3)4/h8-9H,5-7H2,1-4H3,(H,14,15)/t8-,9+/m1/s1. The van der Waals surface area contributed by atoms with Crippen molar-refractivity contribution in [1.82, 2.24) is 4.90 Å². The minimum absolute atomic E-state index is 0.0278. The Morgan fingerprint density at radius 3 is 2.29 bits per heavy atom. The number of aliphatic carboxylic acids is 1. The number of ether oxygens (including phenoxy) is 1. The van der Waals surface area contributed by atoms with E-state index in [1.807, 2.05) is 6.92 Å². The van der Waals surface area contributed by atoms with Crippen molar-refractivity contribution in [2.45, 2.75) is 39.7 Å². The first-order valence-electron chi connectivity index (χ1n) is 5.95. The smallest absolute Gasteiger partial charge is 0.410 e. The molecule has 0 unspecified atom stereocenters. The Bertz CT molecular complexity index is 308. The Kier molecular flexibility index (Phi) is 4.01. The summed E-state index contributed by atoms with van der Waals surface area (Å²) in [5, 5.41) is 9.07. The number of carbonyl (C=O) groups excluding carboxylic acids is 1. The molecule has 1 aliphatic heterocycles. The van der Waals surface area contributed by atoms with Crippen molar-refractivity contribution in [3.63, 3.8) is 0 Å². The quantitative estimate of drug-likeness (QED) is 0.805. The maximum atomic E-state index is 11.8. The Morgan fingerprint density at radius 2 is 1.94 bits per heavy atom. The molecule has 0 radical (unpaired) electrons. The number of carboxylic acids is 1. The lowest BCUT2D eigenvalue weighted by Crippen LogP contribution is -2.35. The Balaban J connectivity index is 2.64. The molecule has 5 heteroatoms.